The molecule has 106 valence electrons. The Morgan fingerprint density at radius 2 is 1.80 bits per heavy atom. The van der Waals surface area contributed by atoms with E-state index in [0.717, 1.165) is 29.4 Å². The lowest BCUT2D eigenvalue weighted by atomic mass is 10.1. The number of benzene rings is 2. The molecule has 0 atom stereocenters. The SMILES string of the molecule is CCc1ccc(N(C)c2c(Cl)cccc2CNC)cc1. The molecule has 0 radical (unpaired) electrons. The van der Waals surface area contributed by atoms with Crippen molar-refractivity contribution in [2.45, 2.75) is 19.9 Å². The van der Waals surface area contributed by atoms with Crippen LogP contribution in [0.15, 0.2) is 42.5 Å². The third-order valence-corrected chi connectivity index (χ3v) is 3.81. The maximum Gasteiger partial charge on any atom is 0.0646 e. The summed E-state index contributed by atoms with van der Waals surface area (Å²) >= 11 is 6.40. The summed E-state index contributed by atoms with van der Waals surface area (Å²) in [6.45, 7) is 2.96. The lowest BCUT2D eigenvalue weighted by Gasteiger charge is -2.24. The van der Waals surface area contributed by atoms with Gasteiger partial charge in [-0.05, 0) is 42.8 Å². The largest absolute Gasteiger partial charge is 0.343 e. The Kier molecular flexibility index (Phi) is 5.05. The molecule has 0 spiro atoms. The van der Waals surface area contributed by atoms with Crippen molar-refractivity contribution in [1.82, 2.24) is 5.32 Å². The van der Waals surface area contributed by atoms with Gasteiger partial charge >= 0.3 is 0 Å². The number of para-hydroxylation sites is 1. The summed E-state index contributed by atoms with van der Waals surface area (Å²) in [6, 6.07) is 14.7. The Labute approximate surface area is 126 Å². The molecule has 0 amide bonds. The number of nitrogens with zero attached hydrogens (tertiary/aromatic N) is 1. The molecule has 0 heterocycles. The van der Waals surface area contributed by atoms with Gasteiger partial charge in [0, 0.05) is 19.3 Å². The van der Waals surface area contributed by atoms with Gasteiger partial charge in [-0.2, -0.15) is 0 Å². The molecule has 2 aromatic rings. The fourth-order valence-electron chi connectivity index (χ4n) is 2.35. The molecular weight excluding hydrogens is 268 g/mol. The summed E-state index contributed by atoms with van der Waals surface area (Å²) in [5.74, 6) is 0. The van der Waals surface area contributed by atoms with Crippen molar-refractivity contribution in [1.29, 1.82) is 0 Å². The first-order valence-electron chi connectivity index (χ1n) is 6.92. The quantitative estimate of drug-likeness (QED) is 0.878. The highest BCUT2D eigenvalue weighted by atomic mass is 35.5. The van der Waals surface area contributed by atoms with E-state index in [-0.39, 0.29) is 0 Å². The van der Waals surface area contributed by atoms with Crippen molar-refractivity contribution in [2.75, 3.05) is 19.0 Å². The van der Waals surface area contributed by atoms with Crippen LogP contribution >= 0.6 is 11.6 Å². The van der Waals surface area contributed by atoms with E-state index in [1.54, 1.807) is 0 Å². The second-order valence-electron chi connectivity index (χ2n) is 4.86. The Morgan fingerprint density at radius 1 is 1.10 bits per heavy atom. The average Bonchev–Trinajstić information content (AvgIpc) is 2.47. The molecule has 0 fully saturated rings. The molecule has 0 aliphatic rings. The van der Waals surface area contributed by atoms with E-state index in [2.05, 4.69) is 54.5 Å². The fraction of sp³-hybridized carbons (Fsp3) is 0.294. The number of hydrogen-bond donors (Lipinski definition) is 1. The van der Waals surface area contributed by atoms with Crippen molar-refractivity contribution in [3.05, 3.63) is 58.6 Å². The molecule has 2 aromatic carbocycles. The summed E-state index contributed by atoms with van der Waals surface area (Å²) in [7, 11) is 4.00. The van der Waals surface area contributed by atoms with E-state index < -0.39 is 0 Å². The van der Waals surface area contributed by atoms with Gasteiger partial charge < -0.3 is 10.2 Å². The summed E-state index contributed by atoms with van der Waals surface area (Å²) in [6.07, 6.45) is 1.06. The van der Waals surface area contributed by atoms with Crippen molar-refractivity contribution >= 4 is 23.0 Å². The Balaban J connectivity index is 2.38. The summed E-state index contributed by atoms with van der Waals surface area (Å²) in [5, 5.41) is 3.97. The Bertz CT molecular complexity index is 564. The van der Waals surface area contributed by atoms with E-state index in [1.165, 1.54) is 11.1 Å². The summed E-state index contributed by atoms with van der Waals surface area (Å²) < 4.78 is 0. The van der Waals surface area contributed by atoms with Gasteiger partial charge in [0.25, 0.3) is 0 Å². The highest BCUT2D eigenvalue weighted by molar-refractivity contribution is 6.33. The highest BCUT2D eigenvalue weighted by Crippen LogP contribution is 2.34. The van der Waals surface area contributed by atoms with Crippen LogP contribution < -0.4 is 10.2 Å². The van der Waals surface area contributed by atoms with E-state index in [1.807, 2.05) is 19.2 Å². The number of aryl methyl sites for hydroxylation is 1. The molecule has 0 aliphatic heterocycles. The Hall–Kier alpha value is -1.51. The van der Waals surface area contributed by atoms with Crippen LogP contribution in [0.1, 0.15) is 18.1 Å². The number of nitrogens with one attached hydrogen (secondary N) is 1. The monoisotopic (exact) mass is 288 g/mol. The standard InChI is InChI=1S/C17H21ClN2/c1-4-13-8-10-15(11-9-13)20(3)17-14(12-19-2)6-5-7-16(17)18/h5-11,19H,4,12H2,1-3H3. The minimum Gasteiger partial charge on any atom is -0.343 e. The van der Waals surface area contributed by atoms with E-state index >= 15 is 0 Å². The third-order valence-electron chi connectivity index (χ3n) is 3.50. The zero-order valence-electron chi connectivity index (χ0n) is 12.3. The molecular formula is C17H21ClN2. The smallest absolute Gasteiger partial charge is 0.0646 e. The predicted molar refractivity (Wildman–Crippen MR) is 88.1 cm³/mol. The van der Waals surface area contributed by atoms with Crippen LogP contribution in [0.3, 0.4) is 0 Å². The van der Waals surface area contributed by atoms with Gasteiger partial charge in [0.15, 0.2) is 0 Å². The van der Waals surface area contributed by atoms with Crippen molar-refractivity contribution in [3.63, 3.8) is 0 Å². The zero-order valence-corrected chi connectivity index (χ0v) is 13.0. The highest BCUT2D eigenvalue weighted by Gasteiger charge is 2.12. The van der Waals surface area contributed by atoms with Crippen LogP contribution in [0.5, 0.6) is 0 Å². The first-order chi connectivity index (χ1) is 9.67. The van der Waals surface area contributed by atoms with Crippen LogP contribution in [-0.4, -0.2) is 14.1 Å². The van der Waals surface area contributed by atoms with Gasteiger partial charge in [-0.3, -0.25) is 0 Å². The van der Waals surface area contributed by atoms with Gasteiger partial charge in [-0.15, -0.1) is 0 Å². The van der Waals surface area contributed by atoms with Crippen LogP contribution in [0, 0.1) is 0 Å². The van der Waals surface area contributed by atoms with Crippen LogP contribution in [0.2, 0.25) is 5.02 Å². The second-order valence-corrected chi connectivity index (χ2v) is 5.26. The maximum atomic E-state index is 6.40. The van der Waals surface area contributed by atoms with Gasteiger partial charge in [0.2, 0.25) is 0 Å². The molecule has 2 nitrogen and oxygen atoms in total. The Morgan fingerprint density at radius 3 is 2.40 bits per heavy atom. The van der Waals surface area contributed by atoms with Crippen molar-refractivity contribution in [2.24, 2.45) is 0 Å². The minimum atomic E-state index is 0.778. The molecule has 3 heteroatoms. The molecule has 20 heavy (non-hydrogen) atoms. The van der Waals surface area contributed by atoms with Crippen LogP contribution in [0.4, 0.5) is 11.4 Å². The van der Waals surface area contributed by atoms with E-state index in [0.29, 0.717) is 0 Å². The molecule has 1 N–H and O–H groups in total. The lowest BCUT2D eigenvalue weighted by molar-refractivity contribution is 0.816. The van der Waals surface area contributed by atoms with Crippen molar-refractivity contribution in [3.8, 4) is 0 Å². The molecule has 2 rings (SSSR count). The van der Waals surface area contributed by atoms with Gasteiger partial charge in [-0.25, -0.2) is 0 Å². The lowest BCUT2D eigenvalue weighted by Crippen LogP contribution is -2.15. The minimum absolute atomic E-state index is 0.778. The maximum absolute atomic E-state index is 6.40. The average molecular weight is 289 g/mol. The molecule has 0 bridgehead atoms. The van der Waals surface area contributed by atoms with Crippen LogP contribution in [-0.2, 0) is 13.0 Å². The number of anilines is 2. The van der Waals surface area contributed by atoms with E-state index in [4.69, 9.17) is 11.6 Å². The normalized spacial score (nSPS) is 10.6. The molecule has 0 aliphatic carbocycles. The van der Waals surface area contributed by atoms with E-state index in [9.17, 15) is 0 Å². The predicted octanol–water partition coefficient (Wildman–Crippen LogP) is 4.39. The van der Waals surface area contributed by atoms with Gasteiger partial charge in [0.05, 0.1) is 10.7 Å². The molecule has 0 saturated heterocycles. The zero-order chi connectivity index (χ0) is 14.5. The van der Waals surface area contributed by atoms with Gasteiger partial charge in [0.1, 0.15) is 0 Å². The summed E-state index contributed by atoms with van der Waals surface area (Å²) in [4.78, 5) is 2.15. The molecule has 0 saturated carbocycles. The number of halogens is 1. The summed E-state index contributed by atoms with van der Waals surface area (Å²) in [5.41, 5.74) is 4.75. The number of hydrogen-bond acceptors (Lipinski definition) is 2. The first-order valence-corrected chi connectivity index (χ1v) is 7.29. The van der Waals surface area contributed by atoms with Crippen molar-refractivity contribution < 1.29 is 0 Å². The van der Waals surface area contributed by atoms with Gasteiger partial charge in [-0.1, -0.05) is 42.8 Å². The fourth-order valence-corrected chi connectivity index (χ4v) is 2.67. The molecule has 0 unspecified atom stereocenters. The third kappa shape index (κ3) is 3.14. The second kappa shape index (κ2) is 6.78. The van der Waals surface area contributed by atoms with Crippen LogP contribution in [0.25, 0.3) is 0 Å². The topological polar surface area (TPSA) is 15.3 Å². The number of rotatable bonds is 5. The first kappa shape index (κ1) is 14.9. The molecule has 0 aromatic heterocycles.